The molecule has 0 fully saturated rings. The maximum absolute atomic E-state index is 13.0. The van der Waals surface area contributed by atoms with Gasteiger partial charge in [-0.3, -0.25) is 4.79 Å². The third-order valence-corrected chi connectivity index (χ3v) is 4.92. The van der Waals surface area contributed by atoms with Crippen LogP contribution in [0.15, 0.2) is 70.7 Å². The summed E-state index contributed by atoms with van der Waals surface area (Å²) in [5.41, 5.74) is 2.74. The van der Waals surface area contributed by atoms with E-state index in [0.717, 1.165) is 29.0 Å². The molecule has 6 heteroatoms. The van der Waals surface area contributed by atoms with E-state index < -0.39 is 0 Å². The Morgan fingerprint density at radius 1 is 1.12 bits per heavy atom. The SMILES string of the molecule is O=C1C[C@H](c2ccco2)CC2=C1[C@@H](c1ccccc1)n1ncnc1N2. The van der Waals surface area contributed by atoms with E-state index in [1.807, 2.05) is 42.5 Å². The quantitative estimate of drug-likeness (QED) is 0.779. The van der Waals surface area contributed by atoms with Crippen molar-refractivity contribution in [1.82, 2.24) is 14.8 Å². The van der Waals surface area contributed by atoms with E-state index in [1.54, 1.807) is 10.9 Å². The highest BCUT2D eigenvalue weighted by Crippen LogP contribution is 2.43. The summed E-state index contributed by atoms with van der Waals surface area (Å²) in [4.78, 5) is 17.4. The van der Waals surface area contributed by atoms with Gasteiger partial charge in [0.15, 0.2) is 5.78 Å². The molecule has 0 saturated carbocycles. The smallest absolute Gasteiger partial charge is 0.226 e. The molecule has 1 N–H and O–H groups in total. The number of carbonyl (C=O) groups is 1. The molecule has 2 aliphatic rings. The molecule has 0 radical (unpaired) electrons. The normalized spacial score (nSPS) is 22.3. The molecule has 3 aromatic rings. The zero-order chi connectivity index (χ0) is 16.8. The van der Waals surface area contributed by atoms with E-state index in [-0.39, 0.29) is 17.7 Å². The van der Waals surface area contributed by atoms with E-state index in [0.29, 0.717) is 12.4 Å². The van der Waals surface area contributed by atoms with E-state index >= 15 is 0 Å². The van der Waals surface area contributed by atoms with Crippen molar-refractivity contribution in [3.8, 4) is 0 Å². The van der Waals surface area contributed by atoms with Crippen molar-refractivity contribution in [2.45, 2.75) is 24.8 Å². The van der Waals surface area contributed by atoms with Crippen LogP contribution >= 0.6 is 0 Å². The summed E-state index contributed by atoms with van der Waals surface area (Å²) in [6, 6.07) is 13.5. The number of nitrogens with one attached hydrogen (secondary N) is 1. The predicted molar refractivity (Wildman–Crippen MR) is 90.9 cm³/mol. The number of carbonyl (C=O) groups excluding carboxylic acids is 1. The number of anilines is 1. The van der Waals surface area contributed by atoms with Crippen LogP contribution in [0.1, 0.15) is 36.1 Å². The number of rotatable bonds is 2. The molecular weight excluding hydrogens is 316 g/mol. The van der Waals surface area contributed by atoms with Crippen molar-refractivity contribution in [3.63, 3.8) is 0 Å². The summed E-state index contributed by atoms with van der Waals surface area (Å²) in [7, 11) is 0. The summed E-state index contributed by atoms with van der Waals surface area (Å²) in [6.07, 6.45) is 4.35. The fourth-order valence-corrected chi connectivity index (χ4v) is 3.82. The van der Waals surface area contributed by atoms with Crippen LogP contribution in [0.5, 0.6) is 0 Å². The van der Waals surface area contributed by atoms with Gasteiger partial charge in [0, 0.05) is 23.6 Å². The fourth-order valence-electron chi connectivity index (χ4n) is 3.82. The largest absolute Gasteiger partial charge is 0.469 e. The van der Waals surface area contributed by atoms with Crippen LogP contribution in [0.25, 0.3) is 0 Å². The Labute approximate surface area is 144 Å². The molecule has 1 aromatic carbocycles. The molecule has 5 rings (SSSR count). The first-order valence-corrected chi connectivity index (χ1v) is 8.32. The summed E-state index contributed by atoms with van der Waals surface area (Å²) < 4.78 is 7.32. The number of allylic oxidation sites excluding steroid dienone is 2. The van der Waals surface area contributed by atoms with E-state index in [9.17, 15) is 4.79 Å². The molecule has 25 heavy (non-hydrogen) atoms. The lowest BCUT2D eigenvalue weighted by molar-refractivity contribution is -0.117. The van der Waals surface area contributed by atoms with Gasteiger partial charge in [-0.2, -0.15) is 10.1 Å². The lowest BCUT2D eigenvalue weighted by Gasteiger charge is -2.34. The standard InChI is InChI=1S/C19H16N4O2/c24-15-10-13(16-7-4-8-25-16)9-14-17(15)18(12-5-2-1-3-6-12)23-19(22-14)20-11-21-23/h1-8,11,13,18H,9-10H2,(H,20,21,22)/t13-,18-/m1/s1. The van der Waals surface area contributed by atoms with Gasteiger partial charge in [0.2, 0.25) is 5.95 Å². The molecule has 0 unspecified atom stereocenters. The fraction of sp³-hybridized carbons (Fsp3) is 0.211. The van der Waals surface area contributed by atoms with Gasteiger partial charge in [-0.15, -0.1) is 0 Å². The third-order valence-electron chi connectivity index (χ3n) is 4.92. The van der Waals surface area contributed by atoms with Crippen LogP contribution in [-0.4, -0.2) is 20.5 Å². The van der Waals surface area contributed by atoms with Gasteiger partial charge in [0.1, 0.15) is 18.1 Å². The van der Waals surface area contributed by atoms with Crippen LogP contribution in [0.3, 0.4) is 0 Å². The van der Waals surface area contributed by atoms with Gasteiger partial charge < -0.3 is 9.73 Å². The maximum atomic E-state index is 13.0. The lowest BCUT2D eigenvalue weighted by Crippen LogP contribution is -2.33. The number of nitrogens with zero attached hydrogens (tertiary/aromatic N) is 3. The number of fused-ring (bicyclic) bond motifs is 1. The Morgan fingerprint density at radius 2 is 2.00 bits per heavy atom. The zero-order valence-corrected chi connectivity index (χ0v) is 13.4. The van der Waals surface area contributed by atoms with E-state index in [4.69, 9.17) is 4.42 Å². The van der Waals surface area contributed by atoms with Crippen LogP contribution in [0.4, 0.5) is 5.95 Å². The van der Waals surface area contributed by atoms with Gasteiger partial charge in [0.25, 0.3) is 0 Å². The second-order valence-corrected chi connectivity index (χ2v) is 6.40. The van der Waals surface area contributed by atoms with Crippen LogP contribution in [0.2, 0.25) is 0 Å². The average Bonchev–Trinajstić information content (AvgIpc) is 3.32. The summed E-state index contributed by atoms with van der Waals surface area (Å²) >= 11 is 0. The topological polar surface area (TPSA) is 73.0 Å². The maximum Gasteiger partial charge on any atom is 0.226 e. The molecule has 1 aliphatic carbocycles. The van der Waals surface area contributed by atoms with Gasteiger partial charge in [-0.1, -0.05) is 30.3 Å². The summed E-state index contributed by atoms with van der Waals surface area (Å²) in [6.45, 7) is 0. The number of hydrogen-bond acceptors (Lipinski definition) is 5. The Morgan fingerprint density at radius 3 is 2.80 bits per heavy atom. The molecule has 3 heterocycles. The Balaban J connectivity index is 1.63. The predicted octanol–water partition coefficient (Wildman–Crippen LogP) is 3.29. The highest BCUT2D eigenvalue weighted by atomic mass is 16.3. The molecule has 0 spiro atoms. The van der Waals surface area contributed by atoms with Gasteiger partial charge in [-0.05, 0) is 24.1 Å². The second kappa shape index (κ2) is 5.44. The van der Waals surface area contributed by atoms with Crippen LogP contribution < -0.4 is 5.32 Å². The van der Waals surface area contributed by atoms with Crippen molar-refractivity contribution in [2.24, 2.45) is 0 Å². The molecule has 124 valence electrons. The first kappa shape index (κ1) is 14.2. The number of furan rings is 1. The minimum atomic E-state index is -0.236. The molecular formula is C19H16N4O2. The third kappa shape index (κ3) is 2.21. The van der Waals surface area contributed by atoms with Crippen molar-refractivity contribution < 1.29 is 9.21 Å². The summed E-state index contributed by atoms with van der Waals surface area (Å²) in [5.74, 6) is 1.70. The first-order chi connectivity index (χ1) is 12.3. The molecule has 1 aliphatic heterocycles. The lowest BCUT2D eigenvalue weighted by atomic mass is 9.79. The Kier molecular flexibility index (Phi) is 3.09. The van der Waals surface area contributed by atoms with E-state index in [1.165, 1.54) is 6.33 Å². The Bertz CT molecular complexity index is 956. The molecule has 6 nitrogen and oxygen atoms in total. The highest BCUT2D eigenvalue weighted by Gasteiger charge is 2.39. The molecule has 0 saturated heterocycles. The van der Waals surface area contributed by atoms with Gasteiger partial charge >= 0.3 is 0 Å². The van der Waals surface area contributed by atoms with Crippen molar-refractivity contribution in [1.29, 1.82) is 0 Å². The van der Waals surface area contributed by atoms with Gasteiger partial charge in [-0.25, -0.2) is 4.68 Å². The number of benzene rings is 1. The minimum absolute atomic E-state index is 0.0552. The first-order valence-electron chi connectivity index (χ1n) is 8.32. The van der Waals surface area contributed by atoms with Crippen molar-refractivity contribution >= 4 is 11.7 Å². The van der Waals surface area contributed by atoms with E-state index in [2.05, 4.69) is 15.4 Å². The molecule has 0 bridgehead atoms. The molecule has 0 amide bonds. The minimum Gasteiger partial charge on any atom is -0.469 e. The van der Waals surface area contributed by atoms with Crippen molar-refractivity contribution in [2.75, 3.05) is 5.32 Å². The average molecular weight is 332 g/mol. The van der Waals surface area contributed by atoms with Crippen LogP contribution in [-0.2, 0) is 4.79 Å². The van der Waals surface area contributed by atoms with Crippen LogP contribution in [0, 0.1) is 0 Å². The van der Waals surface area contributed by atoms with Gasteiger partial charge in [0.05, 0.1) is 6.26 Å². The monoisotopic (exact) mass is 332 g/mol. The second-order valence-electron chi connectivity index (χ2n) is 6.40. The molecule has 2 atom stereocenters. The van der Waals surface area contributed by atoms with Crippen molar-refractivity contribution in [3.05, 3.63) is 77.6 Å². The number of ketones is 1. The number of aromatic nitrogens is 3. The highest BCUT2D eigenvalue weighted by molar-refractivity contribution is 6.00. The number of hydrogen-bond donors (Lipinski definition) is 1. The Hall–Kier alpha value is -3.15. The summed E-state index contributed by atoms with van der Waals surface area (Å²) in [5, 5.41) is 7.65. The zero-order valence-electron chi connectivity index (χ0n) is 13.4. The number of Topliss-reactive ketones (excluding diaryl/α,β-unsaturated/α-hetero) is 1. The molecule has 2 aromatic heterocycles.